The van der Waals surface area contributed by atoms with Crippen molar-refractivity contribution in [1.29, 1.82) is 0 Å². The van der Waals surface area contributed by atoms with Gasteiger partial charge < -0.3 is 15.3 Å². The number of nitrogens with zero attached hydrogens (tertiary/aromatic N) is 1. The molecular weight excluding hydrogens is 384 g/mol. The highest BCUT2D eigenvalue weighted by Crippen LogP contribution is 2.38. The van der Waals surface area contributed by atoms with Gasteiger partial charge in [-0.2, -0.15) is 0 Å². The van der Waals surface area contributed by atoms with Crippen LogP contribution in [0.1, 0.15) is 12.8 Å². The number of carbonyl (C=O) groups is 2. The number of hydrogen-bond donors (Lipinski definition) is 2. The molecule has 1 aliphatic rings. The molecule has 7 heteroatoms. The Hall–Kier alpha value is -2.57. The lowest BCUT2D eigenvalue weighted by Crippen LogP contribution is -2.42. The minimum Gasteiger partial charge on any atom is -0.480 e. The third-order valence-corrected chi connectivity index (χ3v) is 5.99. The molecule has 1 atom stereocenters. The van der Waals surface area contributed by atoms with E-state index in [2.05, 4.69) is 16.8 Å². The fraction of sp³-hybridized carbons (Fsp3) is 0.200. The van der Waals surface area contributed by atoms with E-state index in [1.165, 1.54) is 4.90 Å². The fourth-order valence-electron chi connectivity index (χ4n) is 3.49. The molecule has 138 valence electrons. The van der Waals surface area contributed by atoms with Crippen LogP contribution in [0.5, 0.6) is 0 Å². The van der Waals surface area contributed by atoms with Crippen LogP contribution in [0.3, 0.4) is 0 Å². The van der Waals surface area contributed by atoms with Gasteiger partial charge in [-0.1, -0.05) is 35.9 Å². The second kappa shape index (κ2) is 7.21. The maximum absolute atomic E-state index is 12.7. The molecule has 27 heavy (non-hydrogen) atoms. The molecule has 5 nitrogen and oxygen atoms in total. The standard InChI is InChI=1S/C20H17ClN2O3S/c21-12-7-8-13(15-11-27-18-6-2-1-4-14(15)18)16(10-12)22-20(26)23-9-3-5-17(23)19(24)25/h1-2,4,6-8,10-11,17H,3,5,9H2,(H,22,26)(H,24,25). The van der Waals surface area contributed by atoms with Crippen LogP contribution in [0, 0.1) is 0 Å². The molecule has 2 amide bonds. The van der Waals surface area contributed by atoms with Gasteiger partial charge in [0.1, 0.15) is 6.04 Å². The SMILES string of the molecule is O=C(O)C1CCCN1C(=O)Nc1cc(Cl)ccc1-c1csc2ccccc12. The predicted octanol–water partition coefficient (Wildman–Crippen LogP) is 5.30. The second-order valence-electron chi connectivity index (χ2n) is 6.46. The van der Waals surface area contributed by atoms with E-state index in [9.17, 15) is 14.7 Å². The summed E-state index contributed by atoms with van der Waals surface area (Å²) < 4.78 is 1.16. The van der Waals surface area contributed by atoms with Crippen molar-refractivity contribution >= 4 is 50.7 Å². The van der Waals surface area contributed by atoms with Crippen molar-refractivity contribution in [1.82, 2.24) is 4.90 Å². The van der Waals surface area contributed by atoms with E-state index < -0.39 is 18.0 Å². The summed E-state index contributed by atoms with van der Waals surface area (Å²) in [6, 6.07) is 12.2. The number of halogens is 1. The number of carbonyl (C=O) groups excluding carboxylic acids is 1. The summed E-state index contributed by atoms with van der Waals surface area (Å²) >= 11 is 7.80. The number of anilines is 1. The Labute approximate surface area is 165 Å². The number of urea groups is 1. The van der Waals surface area contributed by atoms with Gasteiger partial charge in [-0.25, -0.2) is 9.59 Å². The van der Waals surface area contributed by atoms with Crippen LogP contribution in [0.15, 0.2) is 47.8 Å². The summed E-state index contributed by atoms with van der Waals surface area (Å²) in [7, 11) is 0. The Kier molecular flexibility index (Phi) is 4.76. The average Bonchev–Trinajstić information content (AvgIpc) is 3.29. The number of likely N-dealkylation sites (tertiary alicyclic amines) is 1. The lowest BCUT2D eigenvalue weighted by atomic mass is 10.0. The van der Waals surface area contributed by atoms with Crippen LogP contribution < -0.4 is 5.32 Å². The summed E-state index contributed by atoms with van der Waals surface area (Å²) in [6.45, 7) is 0.431. The number of hydrogen-bond acceptors (Lipinski definition) is 3. The van der Waals surface area contributed by atoms with E-state index in [4.69, 9.17) is 11.6 Å². The van der Waals surface area contributed by atoms with Gasteiger partial charge in [0.05, 0.1) is 5.69 Å². The largest absolute Gasteiger partial charge is 0.480 e. The minimum absolute atomic E-state index is 0.414. The molecule has 3 aromatic rings. The van der Waals surface area contributed by atoms with Gasteiger partial charge in [0.2, 0.25) is 0 Å². The van der Waals surface area contributed by atoms with Crippen molar-refractivity contribution in [3.63, 3.8) is 0 Å². The predicted molar refractivity (Wildman–Crippen MR) is 109 cm³/mol. The molecule has 2 heterocycles. The minimum atomic E-state index is -0.974. The zero-order chi connectivity index (χ0) is 19.0. The van der Waals surface area contributed by atoms with Crippen molar-refractivity contribution in [2.45, 2.75) is 18.9 Å². The third kappa shape index (κ3) is 3.38. The summed E-state index contributed by atoms with van der Waals surface area (Å²) in [5.74, 6) is -0.974. The van der Waals surface area contributed by atoms with E-state index >= 15 is 0 Å². The van der Waals surface area contributed by atoms with Crippen LogP contribution in [-0.4, -0.2) is 34.6 Å². The maximum Gasteiger partial charge on any atom is 0.326 e. The number of nitrogens with one attached hydrogen (secondary N) is 1. The smallest absolute Gasteiger partial charge is 0.326 e. The van der Waals surface area contributed by atoms with Crippen molar-refractivity contribution in [3.05, 3.63) is 52.9 Å². The first-order valence-electron chi connectivity index (χ1n) is 8.61. The van der Waals surface area contributed by atoms with E-state index in [1.807, 2.05) is 24.3 Å². The molecule has 0 radical (unpaired) electrons. The summed E-state index contributed by atoms with van der Waals surface area (Å²) in [4.78, 5) is 25.5. The zero-order valence-electron chi connectivity index (χ0n) is 14.3. The summed E-state index contributed by atoms with van der Waals surface area (Å²) in [6.07, 6.45) is 1.16. The zero-order valence-corrected chi connectivity index (χ0v) is 15.9. The highest BCUT2D eigenvalue weighted by molar-refractivity contribution is 7.17. The van der Waals surface area contributed by atoms with Crippen LogP contribution in [0.2, 0.25) is 5.02 Å². The molecule has 0 bridgehead atoms. The number of amides is 2. The molecule has 1 unspecified atom stereocenters. The number of thiophene rings is 1. The number of carboxylic acid groups (broad SMARTS) is 1. The molecule has 1 fully saturated rings. The fourth-order valence-corrected chi connectivity index (χ4v) is 4.63. The van der Waals surface area contributed by atoms with E-state index in [1.54, 1.807) is 23.5 Å². The number of aliphatic carboxylic acids is 1. The molecule has 0 aliphatic carbocycles. The molecular formula is C20H17ClN2O3S. The van der Waals surface area contributed by atoms with Gasteiger partial charge >= 0.3 is 12.0 Å². The van der Waals surface area contributed by atoms with Crippen molar-refractivity contribution in [2.75, 3.05) is 11.9 Å². The molecule has 0 saturated carbocycles. The van der Waals surface area contributed by atoms with Crippen LogP contribution >= 0.6 is 22.9 Å². The van der Waals surface area contributed by atoms with Gasteiger partial charge in [0.15, 0.2) is 0 Å². The van der Waals surface area contributed by atoms with Crippen molar-refractivity contribution in [3.8, 4) is 11.1 Å². The number of fused-ring (bicyclic) bond motifs is 1. The Morgan fingerprint density at radius 3 is 2.81 bits per heavy atom. The van der Waals surface area contributed by atoms with E-state index in [0.717, 1.165) is 21.2 Å². The maximum atomic E-state index is 12.7. The molecule has 4 rings (SSSR count). The van der Waals surface area contributed by atoms with Crippen LogP contribution in [-0.2, 0) is 4.79 Å². The second-order valence-corrected chi connectivity index (χ2v) is 7.80. The quantitative estimate of drug-likeness (QED) is 0.626. The van der Waals surface area contributed by atoms with Crippen molar-refractivity contribution < 1.29 is 14.7 Å². The monoisotopic (exact) mass is 400 g/mol. The van der Waals surface area contributed by atoms with Crippen molar-refractivity contribution in [2.24, 2.45) is 0 Å². The van der Waals surface area contributed by atoms with Gasteiger partial charge in [-0.15, -0.1) is 11.3 Å². The number of carboxylic acids is 1. The van der Waals surface area contributed by atoms with E-state index in [0.29, 0.717) is 30.1 Å². The van der Waals surface area contributed by atoms with Gasteiger partial charge in [-0.05, 0) is 36.4 Å². The number of rotatable bonds is 3. The first kappa shape index (κ1) is 17.8. The van der Waals surface area contributed by atoms with E-state index in [-0.39, 0.29) is 0 Å². The third-order valence-electron chi connectivity index (χ3n) is 4.79. The number of benzene rings is 2. The Balaban J connectivity index is 1.70. The molecule has 2 aromatic carbocycles. The van der Waals surface area contributed by atoms with Crippen LogP contribution in [0.4, 0.5) is 10.5 Å². The molecule has 1 saturated heterocycles. The van der Waals surface area contributed by atoms with Crippen LogP contribution in [0.25, 0.3) is 21.2 Å². The topological polar surface area (TPSA) is 69.6 Å². The summed E-state index contributed by atoms with van der Waals surface area (Å²) in [5.41, 5.74) is 2.45. The Morgan fingerprint density at radius 2 is 2.00 bits per heavy atom. The average molecular weight is 401 g/mol. The van der Waals surface area contributed by atoms with Gasteiger partial charge in [0, 0.05) is 32.8 Å². The molecule has 1 aromatic heterocycles. The Bertz CT molecular complexity index is 1030. The molecule has 2 N–H and O–H groups in total. The highest BCUT2D eigenvalue weighted by atomic mass is 35.5. The molecule has 1 aliphatic heterocycles. The molecule has 0 spiro atoms. The normalized spacial score (nSPS) is 16.6. The Morgan fingerprint density at radius 1 is 1.19 bits per heavy atom. The summed E-state index contributed by atoms with van der Waals surface area (Å²) in [5, 5.41) is 15.9. The first-order valence-corrected chi connectivity index (χ1v) is 9.87. The van der Waals surface area contributed by atoms with Gasteiger partial charge in [0.25, 0.3) is 0 Å². The lowest BCUT2D eigenvalue weighted by Gasteiger charge is -2.22. The lowest BCUT2D eigenvalue weighted by molar-refractivity contribution is -0.141. The highest BCUT2D eigenvalue weighted by Gasteiger charge is 2.34. The first-order chi connectivity index (χ1) is 13.0. The van der Waals surface area contributed by atoms with Gasteiger partial charge in [-0.3, -0.25) is 0 Å².